The van der Waals surface area contributed by atoms with Gasteiger partial charge in [0.25, 0.3) is 0 Å². The first-order chi connectivity index (χ1) is 17.6. The third-order valence-corrected chi connectivity index (χ3v) is 7.41. The molecule has 0 radical (unpaired) electrons. The van der Waals surface area contributed by atoms with Crippen molar-refractivity contribution in [3.8, 4) is 11.5 Å². The van der Waals surface area contributed by atoms with Gasteiger partial charge in [-0.2, -0.15) is 10.2 Å². The van der Waals surface area contributed by atoms with Crippen molar-refractivity contribution >= 4 is 22.7 Å². The van der Waals surface area contributed by atoms with Gasteiger partial charge in [-0.1, -0.05) is 0 Å². The van der Waals surface area contributed by atoms with E-state index in [1.54, 1.807) is 10.8 Å². The summed E-state index contributed by atoms with van der Waals surface area (Å²) >= 11 is 0. The SMILES string of the molecule is Cc1cc(Nc2ncnn3ccc(CN4C[C@H]5C[C@@H](C4)C5O)c23)ccc1Oc1ccn2ncnc2c1. The molecule has 0 spiro atoms. The normalized spacial score (nSPS) is 21.6. The second kappa shape index (κ2) is 8.28. The number of hydrogen-bond donors (Lipinski definition) is 2. The van der Waals surface area contributed by atoms with Gasteiger partial charge in [0.2, 0.25) is 0 Å². The Bertz CT molecular complexity index is 1570. The Morgan fingerprint density at radius 1 is 1.00 bits per heavy atom. The second-order valence-corrected chi connectivity index (χ2v) is 9.82. The first kappa shape index (κ1) is 21.3. The molecule has 2 aliphatic heterocycles. The van der Waals surface area contributed by atoms with Crippen molar-refractivity contribution in [1.82, 2.24) is 34.1 Å². The molecule has 1 unspecified atom stereocenters. The number of nitrogens with zero attached hydrogens (tertiary/aromatic N) is 7. The maximum Gasteiger partial charge on any atom is 0.158 e. The van der Waals surface area contributed by atoms with Crippen LogP contribution < -0.4 is 10.1 Å². The summed E-state index contributed by atoms with van der Waals surface area (Å²) in [7, 11) is 0. The Labute approximate surface area is 207 Å². The van der Waals surface area contributed by atoms with Gasteiger partial charge >= 0.3 is 0 Å². The summed E-state index contributed by atoms with van der Waals surface area (Å²) in [5.74, 6) is 3.06. The molecule has 5 aromatic rings. The van der Waals surface area contributed by atoms with E-state index in [0.29, 0.717) is 17.6 Å². The number of anilines is 2. The maximum atomic E-state index is 10.1. The van der Waals surface area contributed by atoms with Crippen LogP contribution >= 0.6 is 0 Å². The summed E-state index contributed by atoms with van der Waals surface area (Å²) in [6, 6.07) is 11.8. The van der Waals surface area contributed by atoms with Gasteiger partial charge in [0.15, 0.2) is 11.5 Å². The summed E-state index contributed by atoms with van der Waals surface area (Å²) in [5.41, 5.74) is 4.79. The third kappa shape index (κ3) is 3.66. The fraction of sp³-hybridized carbons (Fsp3) is 0.308. The number of rotatable bonds is 6. The van der Waals surface area contributed by atoms with Crippen molar-refractivity contribution in [2.45, 2.75) is 26.0 Å². The van der Waals surface area contributed by atoms with E-state index in [4.69, 9.17) is 4.74 Å². The van der Waals surface area contributed by atoms with Gasteiger partial charge in [-0.25, -0.2) is 19.0 Å². The van der Waals surface area contributed by atoms with Gasteiger partial charge in [0.1, 0.15) is 29.7 Å². The molecule has 182 valence electrons. The van der Waals surface area contributed by atoms with Crippen molar-refractivity contribution in [1.29, 1.82) is 0 Å². The van der Waals surface area contributed by atoms with Crippen LogP contribution in [0.1, 0.15) is 17.5 Å². The number of aliphatic hydroxyl groups excluding tert-OH is 1. The highest BCUT2D eigenvalue weighted by Crippen LogP contribution is 2.40. The molecule has 36 heavy (non-hydrogen) atoms. The number of nitrogens with one attached hydrogen (secondary N) is 1. The quantitative estimate of drug-likeness (QED) is 0.379. The Morgan fingerprint density at radius 2 is 1.81 bits per heavy atom. The highest BCUT2D eigenvalue weighted by atomic mass is 16.5. The van der Waals surface area contributed by atoms with Crippen LogP contribution in [0.4, 0.5) is 11.5 Å². The highest BCUT2D eigenvalue weighted by Gasteiger charge is 2.45. The van der Waals surface area contributed by atoms with Gasteiger partial charge in [-0.05, 0) is 66.6 Å². The van der Waals surface area contributed by atoms with Gasteiger partial charge in [0.05, 0.1) is 6.10 Å². The maximum absolute atomic E-state index is 10.1. The summed E-state index contributed by atoms with van der Waals surface area (Å²) in [4.78, 5) is 11.2. The Kier molecular flexibility index (Phi) is 4.90. The van der Waals surface area contributed by atoms with Crippen molar-refractivity contribution in [2.75, 3.05) is 18.4 Å². The summed E-state index contributed by atoms with van der Waals surface area (Å²) < 4.78 is 9.68. The molecule has 4 aromatic heterocycles. The second-order valence-electron chi connectivity index (χ2n) is 9.82. The summed E-state index contributed by atoms with van der Waals surface area (Å²) in [6.45, 7) is 4.72. The minimum absolute atomic E-state index is 0.117. The van der Waals surface area contributed by atoms with Gasteiger partial charge in [-0.3, -0.25) is 4.90 Å². The number of pyridine rings is 1. The number of ether oxygens (including phenoxy) is 1. The lowest BCUT2D eigenvalue weighted by molar-refractivity contribution is -0.109. The first-order valence-corrected chi connectivity index (χ1v) is 12.2. The van der Waals surface area contributed by atoms with Crippen LogP contribution in [0.2, 0.25) is 0 Å². The molecule has 1 saturated carbocycles. The largest absolute Gasteiger partial charge is 0.457 e. The molecular formula is C26H26N8O2. The van der Waals surface area contributed by atoms with Crippen molar-refractivity contribution < 1.29 is 9.84 Å². The zero-order valence-electron chi connectivity index (χ0n) is 19.8. The van der Waals surface area contributed by atoms with E-state index in [9.17, 15) is 5.11 Å². The van der Waals surface area contributed by atoms with Crippen LogP contribution in [0.25, 0.3) is 11.2 Å². The molecule has 8 rings (SSSR count). The van der Waals surface area contributed by atoms with Crippen LogP contribution in [0, 0.1) is 18.8 Å². The third-order valence-electron chi connectivity index (χ3n) is 7.41. The minimum atomic E-state index is -0.117. The monoisotopic (exact) mass is 482 g/mol. The van der Waals surface area contributed by atoms with Crippen LogP contribution in [-0.4, -0.2) is 58.4 Å². The smallest absolute Gasteiger partial charge is 0.158 e. The number of piperidine rings is 2. The molecule has 3 aliphatic rings. The fourth-order valence-corrected chi connectivity index (χ4v) is 5.53. The van der Waals surface area contributed by atoms with Crippen LogP contribution in [-0.2, 0) is 6.54 Å². The topological polar surface area (TPSA) is 105 Å². The zero-order valence-corrected chi connectivity index (χ0v) is 19.8. The standard InChI is InChI=1S/C26H26N8O2/c1-16-8-20(2-3-22(16)36-21-5-7-33-23(10-21)27-14-29-33)31-26-24-17(4-6-34(24)30-15-28-26)11-32-12-18-9-19(13-32)25(18)35/h2-8,10,14-15,18-19,25,35H,9,11-13H2,1H3,(H,28,30,31)/t18-,19+,25?. The molecule has 1 aliphatic carbocycles. The average Bonchev–Trinajstić information content (AvgIpc) is 3.53. The molecule has 3 atom stereocenters. The lowest BCUT2D eigenvalue weighted by Crippen LogP contribution is -2.57. The van der Waals surface area contributed by atoms with Crippen molar-refractivity contribution in [3.63, 3.8) is 0 Å². The van der Waals surface area contributed by atoms with Gasteiger partial charge in [0, 0.05) is 43.8 Å². The van der Waals surface area contributed by atoms with E-state index in [1.807, 2.05) is 54.2 Å². The number of aromatic nitrogens is 6. The van der Waals surface area contributed by atoms with Crippen LogP contribution in [0.5, 0.6) is 11.5 Å². The molecule has 2 N–H and O–H groups in total. The Morgan fingerprint density at radius 3 is 2.64 bits per heavy atom. The molecule has 10 nitrogen and oxygen atoms in total. The molecular weight excluding hydrogens is 456 g/mol. The molecule has 3 fully saturated rings. The summed E-state index contributed by atoms with van der Waals surface area (Å²) in [6.07, 6.45) is 7.92. The minimum Gasteiger partial charge on any atom is -0.457 e. The van der Waals surface area contributed by atoms with Gasteiger partial charge < -0.3 is 15.2 Å². The van der Waals surface area contributed by atoms with E-state index < -0.39 is 0 Å². The predicted molar refractivity (Wildman–Crippen MR) is 133 cm³/mol. The molecule has 0 amide bonds. The van der Waals surface area contributed by atoms with Crippen LogP contribution in [0.3, 0.4) is 0 Å². The number of hydrogen-bond acceptors (Lipinski definition) is 8. The molecule has 2 saturated heterocycles. The van der Waals surface area contributed by atoms with Crippen molar-refractivity contribution in [3.05, 3.63) is 72.6 Å². The van der Waals surface area contributed by atoms with Crippen molar-refractivity contribution in [2.24, 2.45) is 11.8 Å². The highest BCUT2D eigenvalue weighted by molar-refractivity contribution is 5.76. The lowest BCUT2D eigenvalue weighted by atomic mass is 9.68. The fourth-order valence-electron chi connectivity index (χ4n) is 5.53. The number of aryl methyl sites for hydroxylation is 1. The molecule has 6 heterocycles. The van der Waals surface area contributed by atoms with E-state index in [2.05, 4.69) is 36.4 Å². The van der Waals surface area contributed by atoms with E-state index >= 15 is 0 Å². The molecule has 2 bridgehead atoms. The average molecular weight is 483 g/mol. The molecule has 1 aromatic carbocycles. The van der Waals surface area contributed by atoms with E-state index in [0.717, 1.165) is 60.0 Å². The lowest BCUT2D eigenvalue weighted by Gasteiger charge is -2.51. The Balaban J connectivity index is 1.11. The van der Waals surface area contributed by atoms with E-state index in [1.165, 1.54) is 11.9 Å². The van der Waals surface area contributed by atoms with Gasteiger partial charge in [-0.15, -0.1) is 0 Å². The van der Waals surface area contributed by atoms with Crippen LogP contribution in [0.15, 0.2) is 61.4 Å². The Hall–Kier alpha value is -4.02. The number of fused-ring (bicyclic) bond motifs is 4. The summed E-state index contributed by atoms with van der Waals surface area (Å²) in [5, 5.41) is 22.1. The number of aliphatic hydroxyl groups is 1. The predicted octanol–water partition coefficient (Wildman–Crippen LogP) is 3.43. The van der Waals surface area contributed by atoms with E-state index in [-0.39, 0.29) is 6.10 Å². The first-order valence-electron chi connectivity index (χ1n) is 12.2. The number of benzene rings is 1. The molecule has 10 heteroatoms. The zero-order chi connectivity index (χ0) is 24.2.